The zero-order valence-corrected chi connectivity index (χ0v) is 44.3. The Balaban J connectivity index is 0.765. The molecule has 6 aromatic rings. The number of aromatic nitrogens is 4. The summed E-state index contributed by atoms with van der Waals surface area (Å²) in [6.07, 6.45) is 2.77. The summed E-state index contributed by atoms with van der Waals surface area (Å²) in [5.74, 6) is -0.990. The van der Waals surface area contributed by atoms with E-state index >= 15 is 4.39 Å². The molecule has 12 rings (SSSR count). The summed E-state index contributed by atoms with van der Waals surface area (Å²) in [5, 5.41) is 27.7. The van der Waals surface area contributed by atoms with Crippen molar-refractivity contribution in [3.63, 3.8) is 0 Å². The van der Waals surface area contributed by atoms with Gasteiger partial charge in [-0.1, -0.05) is 43.8 Å². The number of alkyl carbamates (subject to hydrolysis) is 1. The van der Waals surface area contributed by atoms with Crippen LogP contribution in [0.1, 0.15) is 95.3 Å². The minimum atomic E-state index is -2.04. The molecule has 6 aliphatic rings. The second-order valence-corrected chi connectivity index (χ2v) is 21.7. The number of hydrogen-bond acceptors (Lipinski definition) is 15. The molecule has 4 atom stereocenters. The van der Waals surface area contributed by atoms with Crippen molar-refractivity contribution in [1.82, 2.24) is 34.6 Å². The third-order valence-corrected chi connectivity index (χ3v) is 17.3. The number of aryl methyl sites for hydroxylation is 2. The fourth-order valence-electron chi connectivity index (χ4n) is 12.9. The van der Waals surface area contributed by atoms with E-state index in [1.54, 1.807) is 24.8 Å². The first kappa shape index (κ1) is 50.8. The largest absolute Gasteiger partial charge is 0.462 e. The van der Waals surface area contributed by atoms with Crippen molar-refractivity contribution in [1.29, 1.82) is 5.26 Å². The number of nitriles is 1. The van der Waals surface area contributed by atoms with Crippen molar-refractivity contribution in [3.05, 3.63) is 127 Å². The molecule has 19 heteroatoms. The second-order valence-electron chi connectivity index (χ2n) is 21.7. The van der Waals surface area contributed by atoms with Crippen LogP contribution in [0.4, 0.5) is 20.7 Å². The van der Waals surface area contributed by atoms with E-state index in [9.17, 15) is 29.5 Å². The third kappa shape index (κ3) is 8.47. The van der Waals surface area contributed by atoms with E-state index in [1.165, 1.54) is 27.0 Å². The molecule has 3 aromatic heterocycles. The molecular formula is C59H61FN10O8. The number of likely N-dealkylation sites (N-methyl/N-ethyl adjacent to an activating group) is 1. The Morgan fingerprint density at radius 1 is 0.962 bits per heavy atom. The van der Waals surface area contributed by atoms with E-state index in [-0.39, 0.29) is 55.3 Å². The van der Waals surface area contributed by atoms with Gasteiger partial charge in [-0.15, -0.1) is 0 Å². The van der Waals surface area contributed by atoms with Gasteiger partial charge in [-0.25, -0.2) is 19.0 Å². The van der Waals surface area contributed by atoms with Gasteiger partial charge < -0.3 is 48.8 Å². The van der Waals surface area contributed by atoms with Crippen LogP contribution in [0.25, 0.3) is 33.1 Å². The number of fused-ring (bicyclic) bond motifs is 7. The van der Waals surface area contributed by atoms with Crippen molar-refractivity contribution in [2.75, 3.05) is 62.8 Å². The molecule has 1 aliphatic carbocycles. The number of carbonyl (C=O) groups is 3. The van der Waals surface area contributed by atoms with Crippen molar-refractivity contribution in [2.45, 2.75) is 109 Å². The maximum atomic E-state index is 15.6. The van der Waals surface area contributed by atoms with Crippen LogP contribution in [0, 0.1) is 31.0 Å². The number of amides is 2. The molecule has 0 spiro atoms. The number of benzene rings is 3. The van der Waals surface area contributed by atoms with Gasteiger partial charge in [-0.05, 0) is 106 Å². The molecule has 402 valence electrons. The molecule has 2 saturated heterocycles. The zero-order valence-electron chi connectivity index (χ0n) is 44.3. The minimum Gasteiger partial charge on any atom is -0.462 e. The van der Waals surface area contributed by atoms with Gasteiger partial charge in [0.1, 0.15) is 31.5 Å². The third-order valence-electron chi connectivity index (χ3n) is 17.3. The minimum absolute atomic E-state index is 0.0258. The number of halogens is 1. The highest BCUT2D eigenvalue weighted by atomic mass is 19.1. The number of nitrogens with one attached hydrogen (secondary N) is 1. The summed E-state index contributed by atoms with van der Waals surface area (Å²) in [7, 11) is 2.11. The van der Waals surface area contributed by atoms with Crippen LogP contribution in [-0.2, 0) is 57.2 Å². The zero-order chi connectivity index (χ0) is 54.3. The molecule has 5 aliphatic heterocycles. The number of pyridine rings is 2. The highest BCUT2D eigenvalue weighted by Crippen LogP contribution is 2.46. The quantitative estimate of drug-likeness (QED) is 0.102. The molecule has 78 heavy (non-hydrogen) atoms. The van der Waals surface area contributed by atoms with Gasteiger partial charge in [0.2, 0.25) is 0 Å². The molecule has 2 amide bonds. The molecule has 3 aromatic carbocycles. The molecular weight excluding hydrogens is 996 g/mol. The summed E-state index contributed by atoms with van der Waals surface area (Å²) in [5.41, 5.74) is 5.64. The van der Waals surface area contributed by atoms with Gasteiger partial charge >= 0.3 is 18.1 Å². The summed E-state index contributed by atoms with van der Waals surface area (Å²) in [4.78, 5) is 78.7. The van der Waals surface area contributed by atoms with Crippen molar-refractivity contribution < 1.29 is 38.1 Å². The van der Waals surface area contributed by atoms with Crippen LogP contribution < -0.4 is 25.4 Å². The number of piperazine rings is 1. The average Bonchev–Trinajstić information content (AvgIpc) is 4.10. The smallest absolute Gasteiger partial charge is 0.407 e. The lowest BCUT2D eigenvalue weighted by atomic mass is 9.81. The standard InChI is InChI=1S/C59H61FN10O8/c1-6-59(75)42-24-48-52-40(27-70(48)55(72)41(42)31-76-56(59)73)51-44(16-15-38-34(4)43(60)25-45(62-52)50(38)51)64-58(74)78-29-33(3)54(71)69-23-22-68(26-36(69)17-19-61)53-39-18-21-67(47-14-8-12-35-11-7-10-32(2)49(35)47)28-46(39)63-57(65-53)77-30-37-13-9-20-66(37)5/h7-8,10-12,14,24-25,36-37,44,75H,3,6,9,13,15-18,20-23,26-31H2,1-2,4-5H3,(H,64,74)/t36-,37-,44-,59-/m0/s1. The number of ether oxygens (including phenoxy) is 3. The number of hydrogen-bond donors (Lipinski definition) is 2. The highest BCUT2D eigenvalue weighted by molar-refractivity contribution is 5.97. The Morgan fingerprint density at radius 2 is 1.78 bits per heavy atom. The van der Waals surface area contributed by atoms with Crippen molar-refractivity contribution in [3.8, 4) is 23.5 Å². The second kappa shape index (κ2) is 19.8. The van der Waals surface area contributed by atoms with E-state index in [0.717, 1.165) is 54.3 Å². The predicted molar refractivity (Wildman–Crippen MR) is 288 cm³/mol. The Kier molecular flexibility index (Phi) is 12.9. The maximum Gasteiger partial charge on any atom is 0.407 e. The molecule has 0 radical (unpaired) electrons. The Labute approximate surface area is 450 Å². The topological polar surface area (TPSA) is 209 Å². The normalized spacial score (nSPS) is 21.4. The molecule has 2 N–H and O–H groups in total. The Hall–Kier alpha value is -7.95. The van der Waals surface area contributed by atoms with E-state index in [2.05, 4.69) is 83.0 Å². The number of nitrogens with zero attached hydrogens (tertiary/aromatic N) is 9. The van der Waals surface area contributed by atoms with E-state index in [1.807, 2.05) is 0 Å². The monoisotopic (exact) mass is 1060 g/mol. The van der Waals surface area contributed by atoms with Crippen molar-refractivity contribution in [2.24, 2.45) is 0 Å². The van der Waals surface area contributed by atoms with Gasteiger partial charge in [0.05, 0.1) is 65.8 Å². The lowest BCUT2D eigenvalue weighted by molar-refractivity contribution is -0.172. The Morgan fingerprint density at radius 3 is 2.56 bits per heavy atom. The Bertz CT molecular complexity index is 3650. The first-order valence-corrected chi connectivity index (χ1v) is 27.0. The van der Waals surface area contributed by atoms with Crippen molar-refractivity contribution >= 4 is 51.2 Å². The number of cyclic esters (lactones) is 1. The number of esters is 1. The number of aliphatic hydroxyl groups is 1. The number of anilines is 2. The fraction of sp³-hybridized carbons (Fsp3) is 0.424. The van der Waals surface area contributed by atoms with E-state index in [4.69, 9.17) is 29.2 Å². The number of carbonyl (C=O) groups excluding carboxylic acids is 3. The van der Waals surface area contributed by atoms with E-state index < -0.39 is 53.6 Å². The molecule has 0 bridgehead atoms. The predicted octanol–water partition coefficient (Wildman–Crippen LogP) is 6.72. The molecule has 2 fully saturated rings. The van der Waals surface area contributed by atoms with Crippen LogP contribution in [0.5, 0.6) is 6.01 Å². The van der Waals surface area contributed by atoms with Gasteiger partial charge in [0, 0.05) is 77.0 Å². The summed E-state index contributed by atoms with van der Waals surface area (Å²) >= 11 is 0. The maximum absolute atomic E-state index is 15.6. The summed E-state index contributed by atoms with van der Waals surface area (Å²) in [6.45, 7) is 12.6. The summed E-state index contributed by atoms with van der Waals surface area (Å²) < 4.78 is 34.5. The van der Waals surface area contributed by atoms with E-state index in [0.29, 0.717) is 90.5 Å². The molecule has 8 heterocycles. The lowest BCUT2D eigenvalue weighted by Crippen LogP contribution is -2.56. The van der Waals surface area contributed by atoms with Crippen LogP contribution >= 0.6 is 0 Å². The lowest BCUT2D eigenvalue weighted by Gasteiger charge is -2.42. The highest BCUT2D eigenvalue weighted by Gasteiger charge is 2.46. The molecule has 18 nitrogen and oxygen atoms in total. The first-order valence-electron chi connectivity index (χ1n) is 27.0. The number of likely N-dealkylation sites (tertiary alicyclic amines) is 1. The number of rotatable bonds is 11. The fourth-order valence-corrected chi connectivity index (χ4v) is 12.9. The van der Waals surface area contributed by atoms with Crippen LogP contribution in [0.2, 0.25) is 0 Å². The average molecular weight is 1060 g/mol. The van der Waals surface area contributed by atoms with Gasteiger partial charge in [-0.2, -0.15) is 15.2 Å². The molecule has 0 unspecified atom stereocenters. The first-order chi connectivity index (χ1) is 37.6. The van der Waals surface area contributed by atoms with Gasteiger partial charge in [0.25, 0.3) is 11.5 Å². The van der Waals surface area contributed by atoms with Crippen LogP contribution in [-0.4, -0.2) is 117 Å². The van der Waals surface area contributed by atoms with Crippen LogP contribution in [0.3, 0.4) is 0 Å². The van der Waals surface area contributed by atoms with Crippen LogP contribution in [0.15, 0.2) is 65.5 Å². The van der Waals surface area contributed by atoms with Gasteiger partial charge in [0.15, 0.2) is 5.60 Å². The SMILES string of the molecule is C=C(COC(=O)N[C@H]1CCc2c(C)c(F)cc3nc4c(c1c23)Cn1c-4cc2c(c1=O)COC(=O)[C@]2(O)CC)C(=O)N1CCN(c2nc(OC[C@@H]3CCCN3C)nc3c2CCN(c2cccc4cccc(C)c24)C3)C[C@@H]1CC#N. The van der Waals surface area contributed by atoms with Gasteiger partial charge in [-0.3, -0.25) is 9.59 Å². The molecule has 0 saturated carbocycles. The summed E-state index contributed by atoms with van der Waals surface area (Å²) in [6, 6.07) is 17.3.